The molecule has 0 saturated heterocycles. The van der Waals surface area contributed by atoms with E-state index in [1.807, 2.05) is 6.07 Å². The molecular weight excluding hydrogens is 284 g/mol. The van der Waals surface area contributed by atoms with Gasteiger partial charge in [0.2, 0.25) is 0 Å². The third kappa shape index (κ3) is 3.11. The highest BCUT2D eigenvalue weighted by atomic mass is 16.5. The lowest BCUT2D eigenvalue weighted by molar-refractivity contribution is 0.118. The van der Waals surface area contributed by atoms with Gasteiger partial charge in [0.05, 0.1) is 27.9 Å². The second kappa shape index (κ2) is 7.35. The van der Waals surface area contributed by atoms with E-state index in [0.717, 1.165) is 47.7 Å². The largest absolute Gasteiger partial charge is 0.496 e. The zero-order valence-corrected chi connectivity index (χ0v) is 13.7. The van der Waals surface area contributed by atoms with Crippen LogP contribution >= 0.6 is 0 Å². The van der Waals surface area contributed by atoms with Crippen molar-refractivity contribution in [2.45, 2.75) is 26.4 Å². The minimum atomic E-state index is -0.316. The lowest BCUT2D eigenvalue weighted by atomic mass is 9.94. The molecule has 1 amide bonds. The van der Waals surface area contributed by atoms with E-state index in [9.17, 15) is 4.79 Å². The Labute approximate surface area is 131 Å². The number of benzene rings is 1. The van der Waals surface area contributed by atoms with E-state index in [-0.39, 0.29) is 6.09 Å². The van der Waals surface area contributed by atoms with Gasteiger partial charge in [0.25, 0.3) is 0 Å². The van der Waals surface area contributed by atoms with Crippen LogP contribution in [0.5, 0.6) is 11.5 Å². The molecule has 122 valence electrons. The Hall–Kier alpha value is -1.95. The Morgan fingerprint density at radius 2 is 2.05 bits per heavy atom. The van der Waals surface area contributed by atoms with E-state index in [2.05, 4.69) is 12.2 Å². The van der Waals surface area contributed by atoms with Crippen molar-refractivity contribution in [2.75, 3.05) is 34.4 Å². The smallest absolute Gasteiger partial charge is 0.409 e. The van der Waals surface area contributed by atoms with Gasteiger partial charge in [-0.2, -0.15) is 0 Å². The van der Waals surface area contributed by atoms with Gasteiger partial charge in [0.1, 0.15) is 11.5 Å². The van der Waals surface area contributed by atoms with Gasteiger partial charge in [-0.05, 0) is 19.0 Å². The van der Waals surface area contributed by atoms with Crippen LogP contribution in [-0.4, -0.2) is 45.4 Å². The quantitative estimate of drug-likeness (QED) is 0.901. The Morgan fingerprint density at radius 1 is 1.27 bits per heavy atom. The third-order valence-corrected chi connectivity index (χ3v) is 3.94. The molecule has 0 aromatic heterocycles. The number of nitrogens with zero attached hydrogens (tertiary/aromatic N) is 1. The van der Waals surface area contributed by atoms with Crippen molar-refractivity contribution in [3.63, 3.8) is 0 Å². The number of ether oxygens (including phenoxy) is 3. The zero-order chi connectivity index (χ0) is 16.1. The van der Waals surface area contributed by atoms with Crippen LogP contribution in [0.25, 0.3) is 0 Å². The fraction of sp³-hybridized carbons (Fsp3) is 0.562. The number of rotatable bonds is 5. The summed E-state index contributed by atoms with van der Waals surface area (Å²) >= 11 is 0. The van der Waals surface area contributed by atoms with Crippen molar-refractivity contribution >= 4 is 6.09 Å². The maximum atomic E-state index is 11.8. The van der Waals surface area contributed by atoms with Crippen molar-refractivity contribution in [3.05, 3.63) is 22.8 Å². The van der Waals surface area contributed by atoms with Crippen molar-refractivity contribution in [1.82, 2.24) is 10.2 Å². The number of fused-ring (bicyclic) bond motifs is 1. The number of hydrogen-bond donors (Lipinski definition) is 1. The first-order valence-corrected chi connectivity index (χ1v) is 7.45. The van der Waals surface area contributed by atoms with Crippen molar-refractivity contribution in [1.29, 1.82) is 0 Å². The van der Waals surface area contributed by atoms with Crippen LogP contribution in [0.3, 0.4) is 0 Å². The summed E-state index contributed by atoms with van der Waals surface area (Å²) in [6.45, 7) is 4.77. The topological polar surface area (TPSA) is 60.0 Å². The molecule has 1 aliphatic rings. The minimum absolute atomic E-state index is 0.316. The molecule has 1 heterocycles. The van der Waals surface area contributed by atoms with Crippen LogP contribution < -0.4 is 14.8 Å². The van der Waals surface area contributed by atoms with Gasteiger partial charge in [0.15, 0.2) is 0 Å². The normalized spacial score (nSPS) is 13.5. The molecule has 1 aromatic rings. The van der Waals surface area contributed by atoms with E-state index in [4.69, 9.17) is 14.2 Å². The average molecular weight is 308 g/mol. The molecule has 0 bridgehead atoms. The molecule has 0 atom stereocenters. The number of carbonyl (C=O) groups excluding carboxylic acids is 1. The highest BCUT2D eigenvalue weighted by Crippen LogP contribution is 2.38. The SMILES string of the molecule is CCNCc1cc(OC)c2c(c1OC)CCN(C(=O)OC)C2. The summed E-state index contributed by atoms with van der Waals surface area (Å²) in [5, 5.41) is 3.31. The van der Waals surface area contributed by atoms with Gasteiger partial charge in [-0.15, -0.1) is 0 Å². The maximum Gasteiger partial charge on any atom is 0.409 e. The van der Waals surface area contributed by atoms with Crippen molar-refractivity contribution in [2.24, 2.45) is 0 Å². The molecule has 0 spiro atoms. The van der Waals surface area contributed by atoms with E-state index >= 15 is 0 Å². The molecule has 0 unspecified atom stereocenters. The summed E-state index contributed by atoms with van der Waals surface area (Å²) in [5.74, 6) is 1.68. The third-order valence-electron chi connectivity index (χ3n) is 3.94. The molecule has 1 aromatic carbocycles. The molecule has 1 aliphatic heterocycles. The predicted molar refractivity (Wildman–Crippen MR) is 83.4 cm³/mol. The monoisotopic (exact) mass is 308 g/mol. The molecule has 6 nitrogen and oxygen atoms in total. The summed E-state index contributed by atoms with van der Waals surface area (Å²) in [7, 11) is 4.73. The van der Waals surface area contributed by atoms with Gasteiger partial charge in [-0.3, -0.25) is 0 Å². The Morgan fingerprint density at radius 3 is 2.64 bits per heavy atom. The van der Waals surface area contributed by atoms with Crippen LogP contribution in [0.4, 0.5) is 4.79 Å². The summed E-state index contributed by atoms with van der Waals surface area (Å²) < 4.78 is 16.0. The first-order valence-electron chi connectivity index (χ1n) is 7.45. The second-order valence-electron chi connectivity index (χ2n) is 5.15. The van der Waals surface area contributed by atoms with Gasteiger partial charge in [-0.25, -0.2) is 4.79 Å². The highest BCUT2D eigenvalue weighted by molar-refractivity contribution is 5.69. The van der Waals surface area contributed by atoms with Gasteiger partial charge >= 0.3 is 6.09 Å². The lowest BCUT2D eigenvalue weighted by Gasteiger charge is -2.30. The number of nitrogens with one attached hydrogen (secondary N) is 1. The Balaban J connectivity index is 2.42. The maximum absolute atomic E-state index is 11.8. The van der Waals surface area contributed by atoms with E-state index < -0.39 is 0 Å². The van der Waals surface area contributed by atoms with Crippen LogP contribution in [0.1, 0.15) is 23.6 Å². The van der Waals surface area contributed by atoms with Crippen LogP contribution in [0, 0.1) is 0 Å². The molecule has 0 saturated carbocycles. The molecule has 6 heteroatoms. The number of hydrogen-bond acceptors (Lipinski definition) is 5. The van der Waals surface area contributed by atoms with E-state index in [1.54, 1.807) is 19.1 Å². The second-order valence-corrected chi connectivity index (χ2v) is 5.15. The zero-order valence-electron chi connectivity index (χ0n) is 13.7. The van der Waals surface area contributed by atoms with Crippen LogP contribution in [-0.2, 0) is 24.2 Å². The molecule has 0 radical (unpaired) electrons. The fourth-order valence-corrected chi connectivity index (χ4v) is 2.86. The highest BCUT2D eigenvalue weighted by Gasteiger charge is 2.28. The van der Waals surface area contributed by atoms with E-state index in [1.165, 1.54) is 7.11 Å². The first kappa shape index (κ1) is 16.4. The Kier molecular flexibility index (Phi) is 5.49. The molecule has 0 fully saturated rings. The van der Waals surface area contributed by atoms with Gasteiger partial charge < -0.3 is 24.4 Å². The number of amides is 1. The summed E-state index contributed by atoms with van der Waals surface area (Å²) in [6.07, 6.45) is 0.410. The van der Waals surface area contributed by atoms with Crippen LogP contribution in [0.15, 0.2) is 6.07 Å². The van der Waals surface area contributed by atoms with Crippen molar-refractivity contribution in [3.8, 4) is 11.5 Å². The number of carbonyl (C=O) groups is 1. The fourth-order valence-electron chi connectivity index (χ4n) is 2.86. The minimum Gasteiger partial charge on any atom is -0.496 e. The standard InChI is InChI=1S/C16H24N2O4/c1-5-17-9-11-8-14(20-2)13-10-18(16(19)22-4)7-6-12(13)15(11)21-3/h8,17H,5-7,9-10H2,1-4H3. The molecular formula is C16H24N2O4. The molecule has 2 rings (SSSR count). The average Bonchev–Trinajstić information content (AvgIpc) is 2.57. The number of methoxy groups -OCH3 is 3. The molecule has 1 N–H and O–H groups in total. The summed E-state index contributed by atoms with van der Waals surface area (Å²) in [5.41, 5.74) is 3.19. The lowest BCUT2D eigenvalue weighted by Crippen LogP contribution is -2.36. The van der Waals surface area contributed by atoms with Gasteiger partial charge in [0, 0.05) is 29.8 Å². The van der Waals surface area contributed by atoms with Crippen LogP contribution in [0.2, 0.25) is 0 Å². The Bertz CT molecular complexity index is 545. The van der Waals surface area contributed by atoms with Gasteiger partial charge in [-0.1, -0.05) is 6.92 Å². The first-order chi connectivity index (χ1) is 10.7. The van der Waals surface area contributed by atoms with E-state index in [0.29, 0.717) is 13.1 Å². The summed E-state index contributed by atoms with van der Waals surface area (Å²) in [6, 6.07) is 1.99. The molecule has 0 aliphatic carbocycles. The molecule has 22 heavy (non-hydrogen) atoms. The predicted octanol–water partition coefficient (Wildman–Crippen LogP) is 1.94. The summed E-state index contributed by atoms with van der Waals surface area (Å²) in [4.78, 5) is 13.4. The van der Waals surface area contributed by atoms with Crippen molar-refractivity contribution < 1.29 is 19.0 Å².